The topological polar surface area (TPSA) is 110 Å². The second-order valence-corrected chi connectivity index (χ2v) is 4.06. The van der Waals surface area contributed by atoms with Crippen LogP contribution in [0.5, 0.6) is 0 Å². The molecule has 1 saturated carbocycles. The first kappa shape index (κ1) is 11.5. The van der Waals surface area contributed by atoms with Gasteiger partial charge in [-0.15, -0.1) is 5.10 Å². The van der Waals surface area contributed by atoms with Gasteiger partial charge in [0.05, 0.1) is 0 Å². The molecular formula is C9H13N5O3. The number of nitrogens with zero attached hydrogens (tertiary/aromatic N) is 4. The van der Waals surface area contributed by atoms with Crippen LogP contribution in [0.4, 0.5) is 0 Å². The van der Waals surface area contributed by atoms with Crippen molar-refractivity contribution in [3.05, 3.63) is 6.33 Å². The summed E-state index contributed by atoms with van der Waals surface area (Å²) in [6.07, 6.45) is 2.96. The van der Waals surface area contributed by atoms with Crippen molar-refractivity contribution in [3.8, 4) is 0 Å². The first-order valence-corrected chi connectivity index (χ1v) is 5.37. The van der Waals surface area contributed by atoms with Gasteiger partial charge >= 0.3 is 5.97 Å². The minimum absolute atomic E-state index is 0.334. The Labute approximate surface area is 97.0 Å². The number of hydrogen-bond acceptors (Lipinski definition) is 5. The van der Waals surface area contributed by atoms with E-state index in [1.165, 1.54) is 11.0 Å². The summed E-state index contributed by atoms with van der Waals surface area (Å²) in [5.41, 5.74) is -0.785. The fourth-order valence-corrected chi connectivity index (χ4v) is 1.67. The van der Waals surface area contributed by atoms with Crippen LogP contribution in [-0.2, 0) is 15.1 Å². The predicted molar refractivity (Wildman–Crippen MR) is 54.9 cm³/mol. The molecule has 17 heavy (non-hydrogen) atoms. The molecular weight excluding hydrogens is 226 g/mol. The molecule has 1 amide bonds. The van der Waals surface area contributed by atoms with E-state index in [4.69, 9.17) is 5.11 Å². The normalized spacial score (nSPS) is 18.4. The molecule has 8 nitrogen and oxygen atoms in total. The summed E-state index contributed by atoms with van der Waals surface area (Å²) >= 11 is 0. The lowest BCUT2D eigenvalue weighted by Gasteiger charge is -2.18. The molecule has 1 aromatic heterocycles. The average molecular weight is 239 g/mol. The lowest BCUT2D eigenvalue weighted by atomic mass is 10.2. The van der Waals surface area contributed by atoms with Gasteiger partial charge in [-0.3, -0.25) is 4.79 Å². The van der Waals surface area contributed by atoms with Crippen molar-refractivity contribution in [1.82, 2.24) is 25.5 Å². The Bertz CT molecular complexity index is 426. The van der Waals surface area contributed by atoms with Gasteiger partial charge < -0.3 is 10.4 Å². The molecule has 1 aliphatic rings. The fraction of sp³-hybridized carbons (Fsp3) is 0.667. The smallest absolute Gasteiger partial charge is 0.326 e. The fourth-order valence-electron chi connectivity index (χ4n) is 1.67. The SMILES string of the molecule is CC[C@@H](NC(=O)C1(n2cnnn2)CC1)C(=O)O. The van der Waals surface area contributed by atoms with Crippen molar-refractivity contribution in [2.75, 3.05) is 0 Å². The van der Waals surface area contributed by atoms with Crippen LogP contribution in [0.2, 0.25) is 0 Å². The van der Waals surface area contributed by atoms with E-state index in [2.05, 4.69) is 20.8 Å². The third kappa shape index (κ3) is 1.97. The number of carboxylic acids is 1. The summed E-state index contributed by atoms with van der Waals surface area (Å²) in [7, 11) is 0. The molecule has 1 fully saturated rings. The van der Waals surface area contributed by atoms with Crippen LogP contribution < -0.4 is 5.32 Å². The maximum atomic E-state index is 12.0. The molecule has 92 valence electrons. The van der Waals surface area contributed by atoms with E-state index in [9.17, 15) is 9.59 Å². The maximum Gasteiger partial charge on any atom is 0.326 e. The van der Waals surface area contributed by atoms with Crippen molar-refractivity contribution in [2.24, 2.45) is 0 Å². The van der Waals surface area contributed by atoms with Gasteiger partial charge in [0.2, 0.25) is 5.91 Å². The highest BCUT2D eigenvalue weighted by Gasteiger charge is 2.53. The van der Waals surface area contributed by atoms with Gasteiger partial charge in [-0.2, -0.15) is 0 Å². The zero-order chi connectivity index (χ0) is 12.5. The van der Waals surface area contributed by atoms with E-state index in [1.807, 2.05) is 0 Å². The van der Waals surface area contributed by atoms with Gasteiger partial charge in [0, 0.05) is 0 Å². The zero-order valence-corrected chi connectivity index (χ0v) is 9.33. The summed E-state index contributed by atoms with van der Waals surface area (Å²) in [5.74, 6) is -1.37. The van der Waals surface area contributed by atoms with Crippen LogP contribution in [0.3, 0.4) is 0 Å². The van der Waals surface area contributed by atoms with Gasteiger partial charge in [-0.25, -0.2) is 9.48 Å². The summed E-state index contributed by atoms with van der Waals surface area (Å²) < 4.78 is 1.39. The van der Waals surface area contributed by atoms with Gasteiger partial charge in [-0.05, 0) is 29.7 Å². The van der Waals surface area contributed by atoms with E-state index in [0.29, 0.717) is 19.3 Å². The van der Waals surface area contributed by atoms with Crippen LogP contribution >= 0.6 is 0 Å². The summed E-state index contributed by atoms with van der Waals surface area (Å²) in [6.45, 7) is 1.70. The molecule has 0 aliphatic heterocycles. The Morgan fingerprint density at radius 3 is 2.71 bits per heavy atom. The summed E-state index contributed by atoms with van der Waals surface area (Å²) in [4.78, 5) is 22.8. The van der Waals surface area contributed by atoms with Crippen LogP contribution in [0.15, 0.2) is 6.33 Å². The second-order valence-electron chi connectivity index (χ2n) is 4.06. The highest BCUT2D eigenvalue weighted by molar-refractivity contribution is 5.90. The molecule has 0 saturated heterocycles. The van der Waals surface area contributed by atoms with Crippen LogP contribution in [0.1, 0.15) is 26.2 Å². The highest BCUT2D eigenvalue weighted by atomic mass is 16.4. The van der Waals surface area contributed by atoms with Gasteiger partial charge in [0.15, 0.2) is 0 Å². The van der Waals surface area contributed by atoms with E-state index in [0.717, 1.165) is 0 Å². The molecule has 1 heterocycles. The van der Waals surface area contributed by atoms with Crippen LogP contribution in [0.25, 0.3) is 0 Å². The number of carbonyl (C=O) groups excluding carboxylic acids is 1. The Kier molecular flexibility index (Phi) is 2.78. The number of tetrazole rings is 1. The van der Waals surface area contributed by atoms with E-state index in [-0.39, 0.29) is 5.91 Å². The molecule has 2 N–H and O–H groups in total. The molecule has 1 aromatic rings. The monoisotopic (exact) mass is 239 g/mol. The van der Waals surface area contributed by atoms with Crippen molar-refractivity contribution in [1.29, 1.82) is 0 Å². The third-order valence-electron chi connectivity index (χ3n) is 2.95. The first-order chi connectivity index (χ1) is 8.10. The third-order valence-corrected chi connectivity index (χ3v) is 2.95. The van der Waals surface area contributed by atoms with Crippen molar-refractivity contribution in [3.63, 3.8) is 0 Å². The van der Waals surface area contributed by atoms with Crippen LogP contribution in [-0.4, -0.2) is 43.2 Å². The largest absolute Gasteiger partial charge is 0.480 e. The first-order valence-electron chi connectivity index (χ1n) is 5.37. The number of aliphatic carboxylic acids is 1. The van der Waals surface area contributed by atoms with Crippen molar-refractivity contribution < 1.29 is 14.7 Å². The lowest BCUT2D eigenvalue weighted by Crippen LogP contribution is -2.47. The average Bonchev–Trinajstić information content (AvgIpc) is 2.93. The molecule has 0 unspecified atom stereocenters. The van der Waals surface area contributed by atoms with E-state index in [1.54, 1.807) is 6.92 Å². The number of carboxylic acid groups (broad SMARTS) is 1. The van der Waals surface area contributed by atoms with E-state index < -0.39 is 17.6 Å². The Balaban J connectivity index is 2.08. The van der Waals surface area contributed by atoms with Gasteiger partial charge in [0.1, 0.15) is 17.9 Å². The molecule has 0 bridgehead atoms. The number of hydrogen-bond donors (Lipinski definition) is 2. The zero-order valence-electron chi connectivity index (χ0n) is 9.33. The Hall–Kier alpha value is -1.99. The molecule has 0 aromatic carbocycles. The van der Waals surface area contributed by atoms with Crippen LogP contribution in [0, 0.1) is 0 Å². The Morgan fingerprint density at radius 1 is 1.59 bits per heavy atom. The molecule has 1 aliphatic carbocycles. The molecule has 1 atom stereocenters. The minimum Gasteiger partial charge on any atom is -0.480 e. The Morgan fingerprint density at radius 2 is 2.29 bits per heavy atom. The summed E-state index contributed by atoms with van der Waals surface area (Å²) in [6, 6.07) is -0.864. The summed E-state index contributed by atoms with van der Waals surface area (Å²) in [5, 5.41) is 22.0. The van der Waals surface area contributed by atoms with Gasteiger partial charge in [-0.1, -0.05) is 6.92 Å². The number of aromatic nitrogens is 4. The van der Waals surface area contributed by atoms with Gasteiger partial charge in [0.25, 0.3) is 0 Å². The van der Waals surface area contributed by atoms with Crippen molar-refractivity contribution in [2.45, 2.75) is 37.8 Å². The molecule has 0 radical (unpaired) electrons. The number of carbonyl (C=O) groups is 2. The quantitative estimate of drug-likeness (QED) is 0.692. The maximum absolute atomic E-state index is 12.0. The molecule has 8 heteroatoms. The molecule has 0 spiro atoms. The van der Waals surface area contributed by atoms with E-state index >= 15 is 0 Å². The number of nitrogens with one attached hydrogen (secondary N) is 1. The van der Waals surface area contributed by atoms with Crippen molar-refractivity contribution >= 4 is 11.9 Å². The number of rotatable bonds is 5. The second kappa shape index (κ2) is 4.11. The minimum atomic E-state index is -1.03. The highest BCUT2D eigenvalue weighted by Crippen LogP contribution is 2.42. The number of amides is 1. The standard InChI is InChI=1S/C9H13N5O3/c1-2-6(7(15)16)11-8(17)9(3-4-9)14-5-10-12-13-14/h5-6H,2-4H2,1H3,(H,11,17)(H,15,16)/t6-/m1/s1. The lowest BCUT2D eigenvalue weighted by molar-refractivity contribution is -0.142. The molecule has 2 rings (SSSR count). The predicted octanol–water partition coefficient (Wildman–Crippen LogP) is -0.858.